The smallest absolute Gasteiger partial charge is 0.303 e. The van der Waals surface area contributed by atoms with E-state index in [1.54, 1.807) is 6.20 Å². The molecule has 0 aliphatic carbocycles. The lowest BCUT2D eigenvalue weighted by Gasteiger charge is -2.10. The Morgan fingerprint density at radius 2 is 2.31 bits per heavy atom. The molecule has 1 atom stereocenters. The van der Waals surface area contributed by atoms with E-state index < -0.39 is 5.97 Å². The first-order chi connectivity index (χ1) is 7.59. The number of carboxylic acid groups (broad SMARTS) is 1. The number of halogens is 1. The highest BCUT2D eigenvalue weighted by atomic mass is 35.5. The third kappa shape index (κ3) is 1.91. The second-order valence-electron chi connectivity index (χ2n) is 3.91. The van der Waals surface area contributed by atoms with E-state index in [1.807, 2.05) is 25.1 Å². The summed E-state index contributed by atoms with van der Waals surface area (Å²) in [6.45, 7) is 1.90. The Balaban J connectivity index is 2.48. The van der Waals surface area contributed by atoms with Crippen LogP contribution in [-0.2, 0) is 4.79 Å². The van der Waals surface area contributed by atoms with Crippen molar-refractivity contribution in [1.29, 1.82) is 0 Å². The lowest BCUT2D eigenvalue weighted by atomic mass is 9.96. The molecular weight excluding hydrogens is 226 g/mol. The van der Waals surface area contributed by atoms with Gasteiger partial charge >= 0.3 is 5.97 Å². The van der Waals surface area contributed by atoms with Crippen LogP contribution in [0.15, 0.2) is 24.4 Å². The first-order valence-electron chi connectivity index (χ1n) is 5.07. The molecule has 1 aromatic carbocycles. The van der Waals surface area contributed by atoms with E-state index in [-0.39, 0.29) is 12.3 Å². The molecule has 0 spiro atoms. The fourth-order valence-electron chi connectivity index (χ4n) is 1.93. The Morgan fingerprint density at radius 1 is 1.56 bits per heavy atom. The van der Waals surface area contributed by atoms with Gasteiger partial charge in [0.15, 0.2) is 0 Å². The Hall–Kier alpha value is -1.48. The van der Waals surface area contributed by atoms with Gasteiger partial charge in [-0.25, -0.2) is 0 Å². The predicted molar refractivity (Wildman–Crippen MR) is 64.0 cm³/mol. The van der Waals surface area contributed by atoms with Crippen LogP contribution in [0.4, 0.5) is 0 Å². The van der Waals surface area contributed by atoms with Crippen molar-refractivity contribution < 1.29 is 9.90 Å². The van der Waals surface area contributed by atoms with Crippen LogP contribution in [0.5, 0.6) is 0 Å². The van der Waals surface area contributed by atoms with Gasteiger partial charge in [0.1, 0.15) is 0 Å². The monoisotopic (exact) mass is 237 g/mol. The molecule has 0 amide bonds. The molecule has 1 unspecified atom stereocenters. The average molecular weight is 238 g/mol. The number of H-pyrrole nitrogens is 1. The highest BCUT2D eigenvalue weighted by Crippen LogP contribution is 2.30. The second kappa shape index (κ2) is 4.18. The summed E-state index contributed by atoms with van der Waals surface area (Å²) in [4.78, 5) is 13.8. The summed E-state index contributed by atoms with van der Waals surface area (Å²) < 4.78 is 0. The SMILES string of the molecule is CC(CC(=O)O)c1cccc2c(Cl)c[nH]c12. The number of hydrogen-bond donors (Lipinski definition) is 2. The van der Waals surface area contributed by atoms with E-state index in [4.69, 9.17) is 16.7 Å². The Labute approximate surface area is 98.0 Å². The summed E-state index contributed by atoms with van der Waals surface area (Å²) in [5.74, 6) is -0.821. The molecule has 0 fully saturated rings. The molecule has 0 bridgehead atoms. The molecular formula is C12H12ClNO2. The van der Waals surface area contributed by atoms with Crippen LogP contribution in [0.1, 0.15) is 24.8 Å². The van der Waals surface area contributed by atoms with Crippen molar-refractivity contribution in [3.05, 3.63) is 35.0 Å². The van der Waals surface area contributed by atoms with Gasteiger partial charge in [0.05, 0.1) is 17.0 Å². The number of aromatic amines is 1. The van der Waals surface area contributed by atoms with Crippen molar-refractivity contribution in [3.63, 3.8) is 0 Å². The zero-order valence-corrected chi connectivity index (χ0v) is 9.58. The largest absolute Gasteiger partial charge is 0.481 e. The molecule has 4 heteroatoms. The minimum atomic E-state index is -0.790. The Bertz CT molecular complexity index is 533. The molecule has 0 saturated carbocycles. The molecule has 0 saturated heterocycles. The van der Waals surface area contributed by atoms with Gasteiger partial charge in [-0.3, -0.25) is 4.79 Å². The third-order valence-corrected chi connectivity index (χ3v) is 3.02. The maximum absolute atomic E-state index is 10.7. The highest BCUT2D eigenvalue weighted by Gasteiger charge is 2.14. The number of carboxylic acids is 1. The molecule has 1 aromatic heterocycles. The first-order valence-corrected chi connectivity index (χ1v) is 5.44. The van der Waals surface area contributed by atoms with Crippen molar-refractivity contribution in [2.45, 2.75) is 19.3 Å². The molecule has 0 aliphatic rings. The van der Waals surface area contributed by atoms with Crippen molar-refractivity contribution >= 4 is 28.5 Å². The van der Waals surface area contributed by atoms with E-state index in [0.717, 1.165) is 16.5 Å². The average Bonchev–Trinajstić information content (AvgIpc) is 2.59. The number of aromatic nitrogens is 1. The summed E-state index contributed by atoms with van der Waals surface area (Å²) in [6, 6.07) is 5.75. The summed E-state index contributed by atoms with van der Waals surface area (Å²) in [7, 11) is 0. The van der Waals surface area contributed by atoms with E-state index in [0.29, 0.717) is 5.02 Å². The van der Waals surface area contributed by atoms with Gasteiger partial charge in [-0.1, -0.05) is 36.7 Å². The maximum atomic E-state index is 10.7. The molecule has 2 N–H and O–H groups in total. The van der Waals surface area contributed by atoms with Gasteiger partial charge in [-0.15, -0.1) is 0 Å². The van der Waals surface area contributed by atoms with Crippen LogP contribution >= 0.6 is 11.6 Å². The van der Waals surface area contributed by atoms with Gasteiger partial charge in [0.2, 0.25) is 0 Å². The van der Waals surface area contributed by atoms with E-state index in [2.05, 4.69) is 4.98 Å². The summed E-state index contributed by atoms with van der Waals surface area (Å²) in [5.41, 5.74) is 1.92. The predicted octanol–water partition coefficient (Wildman–Crippen LogP) is 3.40. The second-order valence-corrected chi connectivity index (χ2v) is 4.31. The van der Waals surface area contributed by atoms with Gasteiger partial charge in [-0.2, -0.15) is 0 Å². The van der Waals surface area contributed by atoms with Crippen LogP contribution in [0.3, 0.4) is 0 Å². The number of para-hydroxylation sites is 1. The van der Waals surface area contributed by atoms with Crippen molar-refractivity contribution in [2.75, 3.05) is 0 Å². The summed E-state index contributed by atoms with van der Waals surface area (Å²) in [5, 5.41) is 10.4. The minimum Gasteiger partial charge on any atom is -0.481 e. The maximum Gasteiger partial charge on any atom is 0.303 e. The number of carbonyl (C=O) groups is 1. The molecule has 2 rings (SSSR count). The quantitative estimate of drug-likeness (QED) is 0.860. The zero-order chi connectivity index (χ0) is 11.7. The van der Waals surface area contributed by atoms with E-state index in [1.165, 1.54) is 0 Å². The highest BCUT2D eigenvalue weighted by molar-refractivity contribution is 6.35. The van der Waals surface area contributed by atoms with Gasteiger partial charge < -0.3 is 10.1 Å². The molecule has 3 nitrogen and oxygen atoms in total. The van der Waals surface area contributed by atoms with Gasteiger partial charge in [0.25, 0.3) is 0 Å². The van der Waals surface area contributed by atoms with Gasteiger partial charge in [0, 0.05) is 11.6 Å². The topological polar surface area (TPSA) is 53.1 Å². The third-order valence-electron chi connectivity index (χ3n) is 2.71. The van der Waals surface area contributed by atoms with Crippen LogP contribution in [-0.4, -0.2) is 16.1 Å². The molecule has 1 heterocycles. The lowest BCUT2D eigenvalue weighted by molar-refractivity contribution is -0.137. The van der Waals surface area contributed by atoms with E-state index >= 15 is 0 Å². The standard InChI is InChI=1S/C12H12ClNO2/c1-7(5-11(15)16)8-3-2-4-9-10(13)6-14-12(8)9/h2-4,6-7,14H,5H2,1H3,(H,15,16). The Kier molecular flexibility index (Phi) is 2.88. The number of hydrogen-bond acceptors (Lipinski definition) is 1. The number of fused-ring (bicyclic) bond motifs is 1. The number of benzene rings is 1. The Morgan fingerprint density at radius 3 is 3.00 bits per heavy atom. The zero-order valence-electron chi connectivity index (χ0n) is 8.83. The summed E-state index contributed by atoms with van der Waals surface area (Å²) in [6.07, 6.45) is 1.85. The molecule has 16 heavy (non-hydrogen) atoms. The van der Waals surface area contributed by atoms with Crippen molar-refractivity contribution in [2.24, 2.45) is 0 Å². The molecule has 0 radical (unpaired) electrons. The lowest BCUT2D eigenvalue weighted by Crippen LogP contribution is -2.03. The van der Waals surface area contributed by atoms with Crippen LogP contribution in [0, 0.1) is 0 Å². The molecule has 0 aliphatic heterocycles. The summed E-state index contributed by atoms with van der Waals surface area (Å²) >= 11 is 6.01. The van der Waals surface area contributed by atoms with Crippen molar-refractivity contribution in [1.82, 2.24) is 4.98 Å². The number of rotatable bonds is 3. The van der Waals surface area contributed by atoms with Crippen LogP contribution < -0.4 is 0 Å². The molecule has 2 aromatic rings. The minimum absolute atomic E-state index is 0.0316. The first kappa shape index (κ1) is 11.0. The number of aliphatic carboxylic acids is 1. The fourth-order valence-corrected chi connectivity index (χ4v) is 2.14. The normalized spacial score (nSPS) is 12.9. The van der Waals surface area contributed by atoms with Crippen LogP contribution in [0.2, 0.25) is 5.02 Å². The van der Waals surface area contributed by atoms with Crippen LogP contribution in [0.25, 0.3) is 10.9 Å². The fraction of sp³-hybridized carbons (Fsp3) is 0.250. The number of nitrogens with one attached hydrogen (secondary N) is 1. The molecule has 84 valence electrons. The van der Waals surface area contributed by atoms with E-state index in [9.17, 15) is 4.79 Å². The van der Waals surface area contributed by atoms with Gasteiger partial charge in [-0.05, 0) is 11.5 Å². The van der Waals surface area contributed by atoms with Crippen molar-refractivity contribution in [3.8, 4) is 0 Å².